The highest BCUT2D eigenvalue weighted by molar-refractivity contribution is 7.93. The van der Waals surface area contributed by atoms with Crippen LogP contribution in [0.1, 0.15) is 43.1 Å². The summed E-state index contributed by atoms with van der Waals surface area (Å²) in [4.78, 5) is 25.8. The molecule has 1 saturated heterocycles. The van der Waals surface area contributed by atoms with Gasteiger partial charge in [0.05, 0.1) is 30.3 Å². The first-order valence-corrected chi connectivity index (χ1v) is 11.8. The smallest absolute Gasteiger partial charge is 0.352 e. The number of nitrogens with zero attached hydrogens (tertiary/aromatic N) is 2. The standard InChI is InChI=1S/C21H24N2O6S/c1-10-13(19(21(26)27)23-18(10)16(11(2)24)20(23)25)9-22-14-7-3-5-12-6-4-8-15(17(12)14)30(22,28)29/h3,5,7,10-11,15-16,18,24H,4,6,8-9H2,1-2H3,(H,26,27)/t10-,11+,15?,16+,18+/m0/s1. The van der Waals surface area contributed by atoms with E-state index in [4.69, 9.17) is 0 Å². The van der Waals surface area contributed by atoms with Crippen molar-refractivity contribution in [1.29, 1.82) is 0 Å². The molecule has 0 aromatic heterocycles. The summed E-state index contributed by atoms with van der Waals surface area (Å²) in [6.45, 7) is 3.24. The maximum Gasteiger partial charge on any atom is 0.352 e. The van der Waals surface area contributed by atoms with Gasteiger partial charge in [-0.2, -0.15) is 0 Å². The summed E-state index contributed by atoms with van der Waals surface area (Å²) in [5.41, 5.74) is 2.78. The molecule has 160 valence electrons. The second kappa shape index (κ2) is 6.31. The van der Waals surface area contributed by atoms with Crippen LogP contribution in [0, 0.1) is 11.8 Å². The lowest BCUT2D eigenvalue weighted by Gasteiger charge is -2.46. The number of amides is 1. The number of fused-ring (bicyclic) bond motifs is 1. The summed E-state index contributed by atoms with van der Waals surface area (Å²) in [6.07, 6.45) is 1.30. The van der Waals surface area contributed by atoms with Crippen LogP contribution in [0.25, 0.3) is 0 Å². The van der Waals surface area contributed by atoms with Crippen molar-refractivity contribution in [3.05, 3.63) is 40.6 Å². The molecule has 1 amide bonds. The minimum Gasteiger partial charge on any atom is -0.477 e. The lowest BCUT2D eigenvalue weighted by atomic mass is 9.77. The molecule has 1 aliphatic carbocycles. The van der Waals surface area contributed by atoms with Crippen molar-refractivity contribution in [2.75, 3.05) is 10.8 Å². The average molecular weight is 432 g/mol. The van der Waals surface area contributed by atoms with E-state index in [0.717, 1.165) is 24.0 Å². The van der Waals surface area contributed by atoms with Crippen LogP contribution in [0.15, 0.2) is 29.5 Å². The molecule has 0 spiro atoms. The predicted octanol–water partition coefficient (Wildman–Crippen LogP) is 1.41. The van der Waals surface area contributed by atoms with Gasteiger partial charge in [-0.3, -0.25) is 9.10 Å². The molecule has 1 aromatic rings. The first-order valence-electron chi connectivity index (χ1n) is 10.3. The van der Waals surface area contributed by atoms with Gasteiger partial charge in [-0.25, -0.2) is 13.2 Å². The van der Waals surface area contributed by atoms with Gasteiger partial charge in [0, 0.05) is 5.92 Å². The van der Waals surface area contributed by atoms with Gasteiger partial charge in [0.15, 0.2) is 0 Å². The number of benzene rings is 1. The van der Waals surface area contributed by atoms with Crippen LogP contribution in [0.2, 0.25) is 0 Å². The maximum atomic E-state index is 13.4. The Morgan fingerprint density at radius 2 is 2.07 bits per heavy atom. The number of aryl methyl sites for hydroxylation is 1. The minimum atomic E-state index is -3.67. The molecule has 1 fully saturated rings. The van der Waals surface area contributed by atoms with Gasteiger partial charge in [0.1, 0.15) is 10.9 Å². The van der Waals surface area contributed by atoms with Gasteiger partial charge < -0.3 is 15.1 Å². The Balaban J connectivity index is 1.59. The van der Waals surface area contributed by atoms with Crippen LogP contribution in [0.5, 0.6) is 0 Å². The highest BCUT2D eigenvalue weighted by Gasteiger charge is 2.60. The van der Waals surface area contributed by atoms with Crippen LogP contribution in [0.3, 0.4) is 0 Å². The highest BCUT2D eigenvalue weighted by atomic mass is 32.2. The summed E-state index contributed by atoms with van der Waals surface area (Å²) >= 11 is 0. The average Bonchev–Trinajstić information content (AvgIpc) is 3.05. The molecule has 5 rings (SSSR count). The van der Waals surface area contributed by atoms with Crippen molar-refractivity contribution in [2.24, 2.45) is 11.8 Å². The van der Waals surface area contributed by atoms with Crippen LogP contribution in [-0.4, -0.2) is 54.1 Å². The predicted molar refractivity (Wildman–Crippen MR) is 108 cm³/mol. The van der Waals surface area contributed by atoms with Crippen LogP contribution < -0.4 is 4.31 Å². The Labute approximate surface area is 174 Å². The molecule has 4 aliphatic rings. The molecule has 1 unspecified atom stereocenters. The molecule has 0 bridgehead atoms. The van der Waals surface area contributed by atoms with Crippen molar-refractivity contribution in [3.8, 4) is 0 Å². The van der Waals surface area contributed by atoms with Crippen molar-refractivity contribution in [1.82, 2.24) is 4.90 Å². The normalized spacial score (nSPS) is 32.0. The lowest BCUT2D eigenvalue weighted by molar-refractivity contribution is -0.163. The summed E-state index contributed by atoms with van der Waals surface area (Å²) in [7, 11) is -3.67. The summed E-state index contributed by atoms with van der Waals surface area (Å²) in [5, 5.41) is 19.2. The third kappa shape index (κ3) is 2.33. The minimum absolute atomic E-state index is 0.0924. The molecule has 0 radical (unpaired) electrons. The van der Waals surface area contributed by atoms with E-state index in [0.29, 0.717) is 17.7 Å². The number of carboxylic acids is 1. The molecule has 30 heavy (non-hydrogen) atoms. The van der Waals surface area contributed by atoms with E-state index < -0.39 is 45.2 Å². The van der Waals surface area contributed by atoms with Crippen molar-refractivity contribution < 1.29 is 28.2 Å². The molecule has 9 heteroatoms. The van der Waals surface area contributed by atoms with Gasteiger partial charge >= 0.3 is 5.97 Å². The number of carbonyl (C=O) groups is 2. The Kier molecular flexibility index (Phi) is 4.11. The SMILES string of the molecule is C[C@@H](O)[C@H]1C(=O)N2C(C(=O)O)=C(CN3c4cccc5c4C(CCC5)S3(=O)=O)[C@H](C)[C@H]12. The molecule has 0 saturated carbocycles. The molecular formula is C21H24N2O6S. The number of aliphatic hydroxyl groups is 1. The number of aliphatic carboxylic acids is 1. The number of sulfonamides is 1. The second-order valence-electron chi connectivity index (χ2n) is 8.72. The van der Waals surface area contributed by atoms with Crippen molar-refractivity contribution >= 4 is 27.6 Å². The third-order valence-electron chi connectivity index (χ3n) is 7.18. The van der Waals surface area contributed by atoms with E-state index in [1.165, 1.54) is 16.1 Å². The van der Waals surface area contributed by atoms with Crippen molar-refractivity contribution in [3.63, 3.8) is 0 Å². The number of anilines is 1. The molecule has 5 atom stereocenters. The maximum absolute atomic E-state index is 13.4. The monoisotopic (exact) mass is 432 g/mol. The largest absolute Gasteiger partial charge is 0.477 e. The molecule has 2 N–H and O–H groups in total. The van der Waals surface area contributed by atoms with Crippen LogP contribution >= 0.6 is 0 Å². The fraction of sp³-hybridized carbons (Fsp3) is 0.524. The van der Waals surface area contributed by atoms with Crippen molar-refractivity contribution in [2.45, 2.75) is 50.5 Å². The van der Waals surface area contributed by atoms with Gasteiger partial charge in [-0.1, -0.05) is 19.1 Å². The molecule has 3 heterocycles. The number of aliphatic hydroxyl groups excluding tert-OH is 1. The first kappa shape index (κ1) is 19.6. The zero-order valence-corrected chi connectivity index (χ0v) is 17.6. The summed E-state index contributed by atoms with van der Waals surface area (Å²) in [5.74, 6) is -2.70. The van der Waals surface area contributed by atoms with E-state index in [9.17, 15) is 28.2 Å². The summed E-state index contributed by atoms with van der Waals surface area (Å²) < 4.78 is 28.1. The number of rotatable bonds is 4. The zero-order chi connectivity index (χ0) is 21.5. The number of hydrogen-bond acceptors (Lipinski definition) is 5. The quantitative estimate of drug-likeness (QED) is 0.695. The van der Waals surface area contributed by atoms with Gasteiger partial charge in [-0.05, 0) is 49.0 Å². The highest BCUT2D eigenvalue weighted by Crippen LogP contribution is 2.52. The van der Waals surface area contributed by atoms with Gasteiger partial charge in [0.2, 0.25) is 15.9 Å². The Bertz CT molecular complexity index is 1110. The van der Waals surface area contributed by atoms with E-state index in [-0.39, 0.29) is 18.2 Å². The molecule has 1 aromatic carbocycles. The third-order valence-corrected chi connectivity index (χ3v) is 9.31. The molecule has 3 aliphatic heterocycles. The van der Waals surface area contributed by atoms with Crippen LogP contribution in [0.4, 0.5) is 5.69 Å². The molecular weight excluding hydrogens is 408 g/mol. The topological polar surface area (TPSA) is 115 Å². The van der Waals surface area contributed by atoms with Gasteiger partial charge in [0.25, 0.3) is 0 Å². The number of carbonyl (C=O) groups excluding carboxylic acids is 1. The second-order valence-corrected chi connectivity index (χ2v) is 10.8. The lowest BCUT2D eigenvalue weighted by Crippen LogP contribution is -2.63. The van der Waals surface area contributed by atoms with Crippen LogP contribution in [-0.2, 0) is 26.0 Å². The number of carboxylic acid groups (broad SMARTS) is 1. The van der Waals surface area contributed by atoms with E-state index in [1.54, 1.807) is 13.0 Å². The number of β-lactam (4-membered cyclic amide) rings is 1. The van der Waals surface area contributed by atoms with Gasteiger partial charge in [-0.15, -0.1) is 0 Å². The molecule has 8 nitrogen and oxygen atoms in total. The van der Waals surface area contributed by atoms with E-state index in [2.05, 4.69) is 0 Å². The fourth-order valence-electron chi connectivity index (χ4n) is 5.80. The first-order chi connectivity index (χ1) is 14.2. The summed E-state index contributed by atoms with van der Waals surface area (Å²) in [6, 6.07) is 5.12. The number of hydrogen-bond donors (Lipinski definition) is 2. The Morgan fingerprint density at radius 1 is 1.33 bits per heavy atom. The van der Waals surface area contributed by atoms with E-state index in [1.807, 2.05) is 12.1 Å². The Morgan fingerprint density at radius 3 is 2.73 bits per heavy atom. The fourth-order valence-corrected chi connectivity index (χ4v) is 7.89. The Hall–Kier alpha value is -2.39. The zero-order valence-electron chi connectivity index (χ0n) is 16.8. The van der Waals surface area contributed by atoms with E-state index >= 15 is 0 Å².